The average molecular weight is 221 g/mol. The lowest BCUT2D eigenvalue weighted by Gasteiger charge is -2.21. The van der Waals surface area contributed by atoms with Gasteiger partial charge in [0.1, 0.15) is 5.82 Å². The van der Waals surface area contributed by atoms with Crippen molar-refractivity contribution in [2.24, 2.45) is 5.73 Å². The Hall–Kier alpha value is -1.00. The summed E-state index contributed by atoms with van der Waals surface area (Å²) in [5, 5.41) is 8.98. The van der Waals surface area contributed by atoms with E-state index in [0.29, 0.717) is 11.7 Å². The van der Waals surface area contributed by atoms with Gasteiger partial charge in [0, 0.05) is 17.8 Å². The van der Waals surface area contributed by atoms with Crippen molar-refractivity contribution in [3.63, 3.8) is 0 Å². The van der Waals surface area contributed by atoms with E-state index in [1.54, 1.807) is 6.20 Å². The van der Waals surface area contributed by atoms with E-state index >= 15 is 0 Å². The predicted molar refractivity (Wildman–Crippen MR) is 61.9 cm³/mol. The fourth-order valence-electron chi connectivity index (χ4n) is 2.27. The topological polar surface area (TPSA) is 72.0 Å². The summed E-state index contributed by atoms with van der Waals surface area (Å²) in [6, 6.07) is 1.52. The summed E-state index contributed by atoms with van der Waals surface area (Å²) in [4.78, 5) is 8.58. The van der Waals surface area contributed by atoms with Gasteiger partial charge in [0.25, 0.3) is 0 Å². The molecule has 1 aliphatic carbocycles. The first-order valence-electron chi connectivity index (χ1n) is 6.00. The number of rotatable bonds is 3. The molecule has 0 amide bonds. The third-order valence-electron chi connectivity index (χ3n) is 3.25. The Labute approximate surface area is 95.9 Å². The molecule has 1 saturated carbocycles. The van der Waals surface area contributed by atoms with Crippen molar-refractivity contribution in [1.29, 1.82) is 0 Å². The molecule has 0 saturated heterocycles. The predicted octanol–water partition coefficient (Wildman–Crippen LogP) is 1.52. The van der Waals surface area contributed by atoms with Crippen molar-refractivity contribution < 1.29 is 5.11 Å². The van der Waals surface area contributed by atoms with Crippen LogP contribution < -0.4 is 5.73 Å². The van der Waals surface area contributed by atoms with Crippen LogP contribution in [-0.2, 0) is 0 Å². The van der Waals surface area contributed by atoms with Crippen LogP contribution in [0.15, 0.2) is 12.3 Å². The quantitative estimate of drug-likeness (QED) is 0.811. The zero-order valence-electron chi connectivity index (χ0n) is 9.47. The molecule has 1 aromatic heterocycles. The maximum absolute atomic E-state index is 8.98. The molecule has 1 unspecified atom stereocenters. The van der Waals surface area contributed by atoms with Gasteiger partial charge in [0.15, 0.2) is 0 Å². The van der Waals surface area contributed by atoms with Crippen LogP contribution in [0.5, 0.6) is 0 Å². The minimum atomic E-state index is -0.455. The van der Waals surface area contributed by atoms with Crippen molar-refractivity contribution in [2.45, 2.75) is 44.1 Å². The highest BCUT2D eigenvalue weighted by atomic mass is 16.3. The zero-order valence-corrected chi connectivity index (χ0v) is 9.47. The third kappa shape index (κ3) is 2.57. The number of hydrogen-bond donors (Lipinski definition) is 2. The molecule has 1 fully saturated rings. The SMILES string of the molecule is NC(CO)c1nccc(C2CCCCC2)n1. The van der Waals surface area contributed by atoms with Crippen LogP contribution in [0.1, 0.15) is 55.6 Å². The third-order valence-corrected chi connectivity index (χ3v) is 3.25. The first-order valence-corrected chi connectivity index (χ1v) is 6.00. The van der Waals surface area contributed by atoms with Crippen molar-refractivity contribution in [3.8, 4) is 0 Å². The number of hydrogen-bond acceptors (Lipinski definition) is 4. The highest BCUT2D eigenvalue weighted by Crippen LogP contribution is 2.31. The molecule has 4 heteroatoms. The molecule has 2 rings (SSSR count). The summed E-state index contributed by atoms with van der Waals surface area (Å²) in [5.74, 6) is 1.12. The van der Waals surface area contributed by atoms with Gasteiger partial charge < -0.3 is 10.8 Å². The molecular weight excluding hydrogens is 202 g/mol. The second-order valence-electron chi connectivity index (χ2n) is 4.46. The molecule has 3 N–H and O–H groups in total. The van der Waals surface area contributed by atoms with Crippen LogP contribution in [0.25, 0.3) is 0 Å². The molecular formula is C12H19N3O. The van der Waals surface area contributed by atoms with Gasteiger partial charge in [-0.05, 0) is 18.9 Å². The molecule has 0 aliphatic heterocycles. The number of aliphatic hydroxyl groups is 1. The lowest BCUT2D eigenvalue weighted by molar-refractivity contribution is 0.263. The van der Waals surface area contributed by atoms with Crippen molar-refractivity contribution in [3.05, 3.63) is 23.8 Å². The average Bonchev–Trinajstić information content (AvgIpc) is 2.39. The van der Waals surface area contributed by atoms with Crippen LogP contribution in [0.3, 0.4) is 0 Å². The highest BCUT2D eigenvalue weighted by Gasteiger charge is 2.18. The fourth-order valence-corrected chi connectivity index (χ4v) is 2.27. The first kappa shape index (κ1) is 11.5. The summed E-state index contributed by atoms with van der Waals surface area (Å²) in [6.45, 7) is -0.103. The second kappa shape index (κ2) is 5.37. The Bertz CT molecular complexity index is 337. The van der Waals surface area contributed by atoms with Crippen molar-refractivity contribution >= 4 is 0 Å². The molecule has 1 atom stereocenters. The Morgan fingerprint density at radius 2 is 2.12 bits per heavy atom. The molecule has 0 spiro atoms. The maximum Gasteiger partial charge on any atom is 0.147 e. The van der Waals surface area contributed by atoms with Gasteiger partial charge in [-0.2, -0.15) is 0 Å². The molecule has 16 heavy (non-hydrogen) atoms. The maximum atomic E-state index is 8.98. The van der Waals surface area contributed by atoms with Crippen LogP contribution in [0.2, 0.25) is 0 Å². The van der Waals surface area contributed by atoms with Crippen LogP contribution in [0.4, 0.5) is 0 Å². The van der Waals surface area contributed by atoms with Gasteiger partial charge in [-0.1, -0.05) is 19.3 Å². The van der Waals surface area contributed by atoms with Crippen LogP contribution >= 0.6 is 0 Å². The van der Waals surface area contributed by atoms with Gasteiger partial charge >= 0.3 is 0 Å². The lowest BCUT2D eigenvalue weighted by atomic mass is 9.87. The van der Waals surface area contributed by atoms with E-state index in [-0.39, 0.29) is 6.61 Å². The monoisotopic (exact) mass is 221 g/mol. The van der Waals surface area contributed by atoms with Gasteiger partial charge in [-0.15, -0.1) is 0 Å². The molecule has 88 valence electrons. The Morgan fingerprint density at radius 1 is 1.38 bits per heavy atom. The molecule has 0 aromatic carbocycles. The highest BCUT2D eigenvalue weighted by molar-refractivity contribution is 5.10. The number of nitrogens with zero attached hydrogens (tertiary/aromatic N) is 2. The molecule has 1 aromatic rings. The molecule has 0 bridgehead atoms. The summed E-state index contributed by atoms with van der Waals surface area (Å²) in [5.41, 5.74) is 6.81. The van der Waals surface area contributed by atoms with Gasteiger partial charge in [-0.25, -0.2) is 9.97 Å². The normalized spacial score (nSPS) is 19.6. The summed E-state index contributed by atoms with van der Waals surface area (Å²) in [6.07, 6.45) is 8.09. The van der Waals surface area contributed by atoms with E-state index < -0.39 is 6.04 Å². The van der Waals surface area contributed by atoms with E-state index in [4.69, 9.17) is 10.8 Å². The Balaban J connectivity index is 2.14. The number of nitrogens with two attached hydrogens (primary N) is 1. The minimum absolute atomic E-state index is 0.103. The standard InChI is InChI=1S/C12H19N3O/c13-10(8-16)12-14-7-6-11(15-12)9-4-2-1-3-5-9/h6-7,9-10,16H,1-5,8,13H2. The smallest absolute Gasteiger partial charge is 0.147 e. The summed E-state index contributed by atoms with van der Waals surface area (Å²) >= 11 is 0. The van der Waals surface area contributed by atoms with Gasteiger partial charge in [0.2, 0.25) is 0 Å². The van der Waals surface area contributed by atoms with Crippen LogP contribution in [-0.4, -0.2) is 21.7 Å². The first-order chi connectivity index (χ1) is 7.81. The largest absolute Gasteiger partial charge is 0.394 e. The van der Waals surface area contributed by atoms with E-state index in [1.807, 2.05) is 6.07 Å². The number of aliphatic hydroxyl groups excluding tert-OH is 1. The number of aromatic nitrogens is 2. The van der Waals surface area contributed by atoms with E-state index in [0.717, 1.165) is 5.69 Å². The molecule has 1 aliphatic rings. The Kier molecular flexibility index (Phi) is 3.85. The minimum Gasteiger partial charge on any atom is -0.394 e. The van der Waals surface area contributed by atoms with Crippen LogP contribution in [0, 0.1) is 0 Å². The summed E-state index contributed by atoms with van der Waals surface area (Å²) in [7, 11) is 0. The lowest BCUT2D eigenvalue weighted by Crippen LogP contribution is -2.19. The Morgan fingerprint density at radius 3 is 2.81 bits per heavy atom. The van der Waals surface area contributed by atoms with Crippen molar-refractivity contribution in [2.75, 3.05) is 6.61 Å². The molecule has 1 heterocycles. The van der Waals surface area contributed by atoms with Crippen molar-refractivity contribution in [1.82, 2.24) is 9.97 Å². The fraction of sp³-hybridized carbons (Fsp3) is 0.667. The van der Waals surface area contributed by atoms with E-state index in [1.165, 1.54) is 32.1 Å². The summed E-state index contributed by atoms with van der Waals surface area (Å²) < 4.78 is 0. The van der Waals surface area contributed by atoms with Gasteiger partial charge in [-0.3, -0.25) is 0 Å². The molecule has 0 radical (unpaired) electrons. The van der Waals surface area contributed by atoms with Gasteiger partial charge in [0.05, 0.1) is 12.6 Å². The second-order valence-corrected chi connectivity index (χ2v) is 4.46. The molecule has 4 nitrogen and oxygen atoms in total. The zero-order chi connectivity index (χ0) is 11.4. The van der Waals surface area contributed by atoms with E-state index in [2.05, 4.69) is 9.97 Å². The van der Waals surface area contributed by atoms with E-state index in [9.17, 15) is 0 Å².